The van der Waals surface area contributed by atoms with Crippen LogP contribution >= 0.6 is 11.6 Å². The van der Waals surface area contributed by atoms with Crippen molar-refractivity contribution < 1.29 is 9.50 Å². The molecule has 5 aromatic rings. The number of piperazine rings is 1. The van der Waals surface area contributed by atoms with Gasteiger partial charge in [0.2, 0.25) is 0 Å². The summed E-state index contributed by atoms with van der Waals surface area (Å²) in [5, 5.41) is 25.3. The molecular formula is C29H24ClFN8O. The first-order chi connectivity index (χ1) is 19.4. The number of nitriles is 1. The average molecular weight is 555 g/mol. The lowest BCUT2D eigenvalue weighted by Crippen LogP contribution is -2.68. The maximum Gasteiger partial charge on any atom is 0.138 e. The van der Waals surface area contributed by atoms with Crippen LogP contribution in [0.25, 0.3) is 33.4 Å². The van der Waals surface area contributed by atoms with Gasteiger partial charge in [-0.3, -0.25) is 9.58 Å². The predicted octanol–water partition coefficient (Wildman–Crippen LogP) is 4.86. The Hall–Kier alpha value is -4.46. The largest absolute Gasteiger partial charge is 0.506 e. The number of hydrogen-bond acceptors (Lipinski definition) is 7. The van der Waals surface area contributed by atoms with Gasteiger partial charge in [-0.2, -0.15) is 10.4 Å². The van der Waals surface area contributed by atoms with Crippen molar-refractivity contribution >= 4 is 28.5 Å². The summed E-state index contributed by atoms with van der Waals surface area (Å²) < 4.78 is 15.6. The molecular weight excluding hydrogens is 531 g/mol. The highest BCUT2D eigenvalue weighted by molar-refractivity contribution is 6.32. The third kappa shape index (κ3) is 4.06. The highest BCUT2D eigenvalue weighted by Gasteiger charge is 2.45. The van der Waals surface area contributed by atoms with Crippen molar-refractivity contribution in [1.29, 1.82) is 5.26 Å². The van der Waals surface area contributed by atoms with Crippen molar-refractivity contribution in [3.8, 4) is 34.2 Å². The van der Waals surface area contributed by atoms with Gasteiger partial charge in [-0.1, -0.05) is 11.6 Å². The van der Waals surface area contributed by atoms with E-state index in [1.54, 1.807) is 17.1 Å². The zero-order valence-electron chi connectivity index (χ0n) is 21.5. The van der Waals surface area contributed by atoms with Gasteiger partial charge in [-0.05, 0) is 36.8 Å². The van der Waals surface area contributed by atoms with Gasteiger partial charge < -0.3 is 15.0 Å². The lowest BCUT2D eigenvalue weighted by Gasteiger charge is -2.56. The number of aromatic nitrogens is 5. The molecule has 2 N–H and O–H groups in total. The molecule has 2 bridgehead atoms. The maximum atomic E-state index is 13.9. The van der Waals surface area contributed by atoms with Crippen molar-refractivity contribution in [2.24, 2.45) is 7.05 Å². The van der Waals surface area contributed by atoms with Gasteiger partial charge >= 0.3 is 0 Å². The van der Waals surface area contributed by atoms with E-state index < -0.39 is 5.82 Å². The van der Waals surface area contributed by atoms with E-state index in [-0.39, 0.29) is 22.9 Å². The van der Waals surface area contributed by atoms with Crippen LogP contribution < -0.4 is 4.90 Å². The number of pyridine rings is 2. The number of nitrogens with one attached hydrogen (secondary N) is 1. The molecule has 0 spiro atoms. The highest BCUT2D eigenvalue weighted by Crippen LogP contribution is 2.39. The number of aryl methyl sites for hydroxylation is 1. The van der Waals surface area contributed by atoms with Crippen molar-refractivity contribution in [2.45, 2.75) is 25.0 Å². The molecule has 0 saturated carbocycles. The number of hydrogen-bond donors (Lipinski definition) is 2. The quantitative estimate of drug-likeness (QED) is 0.319. The molecule has 2 atom stereocenters. The monoisotopic (exact) mass is 554 g/mol. The minimum atomic E-state index is -0.451. The SMILES string of the molecule is Cn1cc(-c2cc3c(-c4ccc(N5CC6CC(C5)N6Cc5cc(F)cc(Cl)c5O)nc4)c(C#N)cnc3[nH]2)cn1. The fourth-order valence-corrected chi connectivity index (χ4v) is 6.20. The molecule has 40 heavy (non-hydrogen) atoms. The first-order valence-corrected chi connectivity index (χ1v) is 13.3. The molecule has 3 fully saturated rings. The van der Waals surface area contributed by atoms with Gasteiger partial charge in [0.25, 0.3) is 0 Å². The molecule has 0 amide bonds. The number of piperidine rings is 1. The molecule has 3 saturated heterocycles. The van der Waals surface area contributed by atoms with E-state index in [0.29, 0.717) is 23.3 Å². The molecule has 0 radical (unpaired) electrons. The average Bonchev–Trinajstić information content (AvgIpc) is 3.59. The normalized spacial score (nSPS) is 18.6. The third-order valence-electron chi connectivity index (χ3n) is 7.96. The number of phenols is 1. The smallest absolute Gasteiger partial charge is 0.138 e. The molecule has 11 heteroatoms. The Morgan fingerprint density at radius 3 is 2.65 bits per heavy atom. The Balaban J connectivity index is 1.12. The van der Waals surface area contributed by atoms with Crippen LogP contribution in [0.1, 0.15) is 17.5 Å². The van der Waals surface area contributed by atoms with E-state index in [2.05, 4.69) is 30.9 Å². The molecule has 9 nitrogen and oxygen atoms in total. The fourth-order valence-electron chi connectivity index (χ4n) is 5.98. The number of halogens is 2. The van der Waals surface area contributed by atoms with Gasteiger partial charge in [-0.25, -0.2) is 14.4 Å². The minimum absolute atomic E-state index is 0.0329. The lowest BCUT2D eigenvalue weighted by molar-refractivity contribution is -0.00921. The van der Waals surface area contributed by atoms with Crippen LogP contribution in [0.5, 0.6) is 5.75 Å². The molecule has 7 heterocycles. The second kappa shape index (κ2) is 9.33. The molecule has 8 rings (SSSR count). The minimum Gasteiger partial charge on any atom is -0.506 e. The Bertz CT molecular complexity index is 1800. The second-order valence-corrected chi connectivity index (χ2v) is 10.8. The Kier molecular flexibility index (Phi) is 5.73. The van der Waals surface area contributed by atoms with Crippen molar-refractivity contribution in [3.05, 3.63) is 77.1 Å². The number of benzene rings is 1. The Morgan fingerprint density at radius 1 is 1.12 bits per heavy atom. The summed E-state index contributed by atoms with van der Waals surface area (Å²) >= 11 is 5.97. The van der Waals surface area contributed by atoms with Gasteiger partial charge in [-0.15, -0.1) is 0 Å². The van der Waals surface area contributed by atoms with E-state index in [1.807, 2.05) is 37.6 Å². The van der Waals surface area contributed by atoms with Crippen LogP contribution in [-0.4, -0.2) is 59.9 Å². The van der Waals surface area contributed by atoms with Gasteiger partial charge in [0.05, 0.1) is 22.5 Å². The number of nitrogens with zero attached hydrogens (tertiary/aromatic N) is 7. The summed E-state index contributed by atoms with van der Waals surface area (Å²) in [5.41, 5.74) is 5.12. The Morgan fingerprint density at radius 2 is 1.95 bits per heavy atom. The molecule has 2 unspecified atom stereocenters. The van der Waals surface area contributed by atoms with Crippen molar-refractivity contribution in [1.82, 2.24) is 29.6 Å². The summed E-state index contributed by atoms with van der Waals surface area (Å²) in [7, 11) is 1.87. The van der Waals surface area contributed by atoms with E-state index in [0.717, 1.165) is 59.2 Å². The summed E-state index contributed by atoms with van der Waals surface area (Å²) in [5.74, 6) is 0.358. The van der Waals surface area contributed by atoms with Crippen LogP contribution in [-0.2, 0) is 13.6 Å². The number of rotatable bonds is 5. The number of aromatic amines is 1. The van der Waals surface area contributed by atoms with Crippen LogP contribution in [0.2, 0.25) is 5.02 Å². The number of H-pyrrole nitrogens is 1. The van der Waals surface area contributed by atoms with Gasteiger partial charge in [0.1, 0.15) is 29.1 Å². The molecule has 200 valence electrons. The van der Waals surface area contributed by atoms with E-state index in [4.69, 9.17) is 16.6 Å². The third-order valence-corrected chi connectivity index (χ3v) is 8.25. The lowest BCUT2D eigenvalue weighted by atomic mass is 9.86. The standard InChI is InChI=1S/C29H24ClFN8O/c1-37-12-19(11-35-37)25-7-23-27(18(8-32)10-34-29(23)36-25)16-2-3-26(33-9-16)38-14-21-6-22(15-38)39(21)13-17-4-20(31)5-24(30)28(17)40/h2-5,7,9-12,21-22,40H,6,13-15H2,1H3,(H,34,36). The van der Waals surface area contributed by atoms with Gasteiger partial charge in [0.15, 0.2) is 0 Å². The molecule has 0 aliphatic carbocycles. The number of anilines is 1. The first kappa shape index (κ1) is 24.6. The van der Waals surface area contributed by atoms with Crippen molar-refractivity contribution in [3.63, 3.8) is 0 Å². The van der Waals surface area contributed by atoms with Crippen molar-refractivity contribution in [2.75, 3.05) is 18.0 Å². The van der Waals surface area contributed by atoms with E-state index >= 15 is 0 Å². The number of fused-ring (bicyclic) bond motifs is 3. The van der Waals surface area contributed by atoms with Crippen LogP contribution in [0.15, 0.2) is 55.1 Å². The molecule has 3 aliphatic heterocycles. The highest BCUT2D eigenvalue weighted by atomic mass is 35.5. The molecule has 4 aromatic heterocycles. The predicted molar refractivity (Wildman–Crippen MR) is 149 cm³/mol. The van der Waals surface area contributed by atoms with Crippen LogP contribution in [0.4, 0.5) is 10.2 Å². The number of aromatic hydroxyl groups is 1. The maximum absolute atomic E-state index is 13.9. The first-order valence-electron chi connectivity index (χ1n) is 12.9. The summed E-state index contributed by atoms with van der Waals surface area (Å²) in [6.45, 7) is 2.01. The van der Waals surface area contributed by atoms with E-state index in [1.165, 1.54) is 6.07 Å². The molecule has 1 aromatic carbocycles. The fraction of sp³-hybridized carbons (Fsp3) is 0.241. The Labute approximate surface area is 234 Å². The summed E-state index contributed by atoms with van der Waals surface area (Å²) in [6, 6.07) is 11.3. The zero-order valence-corrected chi connectivity index (χ0v) is 22.3. The summed E-state index contributed by atoms with van der Waals surface area (Å²) in [6.07, 6.45) is 8.15. The summed E-state index contributed by atoms with van der Waals surface area (Å²) in [4.78, 5) is 17.1. The second-order valence-electron chi connectivity index (χ2n) is 10.4. The van der Waals surface area contributed by atoms with Crippen LogP contribution in [0, 0.1) is 17.1 Å². The van der Waals surface area contributed by atoms with Gasteiger partial charge in [0, 0.05) is 85.0 Å². The topological polar surface area (TPSA) is 110 Å². The number of phenolic OH excluding ortho intramolecular Hbond substituents is 1. The zero-order chi connectivity index (χ0) is 27.5. The van der Waals surface area contributed by atoms with Crippen LogP contribution in [0.3, 0.4) is 0 Å². The molecule has 3 aliphatic rings. The van der Waals surface area contributed by atoms with E-state index in [9.17, 15) is 14.8 Å².